The maximum absolute atomic E-state index is 12.3. The zero-order valence-corrected chi connectivity index (χ0v) is 14.8. The fourth-order valence-electron chi connectivity index (χ4n) is 3.78. The van der Waals surface area contributed by atoms with E-state index >= 15 is 0 Å². The molecule has 1 aliphatic carbocycles. The number of aromatic nitrogens is 1. The highest BCUT2D eigenvalue weighted by Gasteiger charge is 2.30. The van der Waals surface area contributed by atoms with Gasteiger partial charge in [-0.2, -0.15) is 5.26 Å². The first kappa shape index (κ1) is 18.2. The summed E-state index contributed by atoms with van der Waals surface area (Å²) in [5, 5.41) is 15.8. The van der Waals surface area contributed by atoms with Gasteiger partial charge in [0.2, 0.25) is 11.6 Å². The van der Waals surface area contributed by atoms with Crippen molar-refractivity contribution in [2.75, 3.05) is 25.0 Å². The van der Waals surface area contributed by atoms with E-state index in [1.54, 1.807) is 17.2 Å². The molecule has 2 heterocycles. The van der Waals surface area contributed by atoms with E-state index in [0.717, 1.165) is 44.5 Å². The highest BCUT2D eigenvalue weighted by molar-refractivity contribution is 5.79. The number of carbonyl (C=O) groups is 1. The van der Waals surface area contributed by atoms with Gasteiger partial charge in [-0.25, -0.2) is 4.85 Å². The average molecular weight is 352 g/mol. The quantitative estimate of drug-likeness (QED) is 0.768. The van der Waals surface area contributed by atoms with Crippen molar-refractivity contribution in [1.82, 2.24) is 15.2 Å². The third kappa shape index (κ3) is 4.50. The monoisotopic (exact) mass is 352 g/mol. The van der Waals surface area contributed by atoms with Gasteiger partial charge in [-0.3, -0.25) is 9.78 Å². The molecule has 1 aromatic rings. The topological polar surface area (TPSA) is 85.4 Å². The number of anilines is 1. The molecule has 1 aliphatic heterocycles. The number of nitrogens with zero attached hydrogens (tertiary/aromatic N) is 4. The number of hydrogen-bond donors (Lipinski definition) is 2. The van der Waals surface area contributed by atoms with Gasteiger partial charge in [0.05, 0.1) is 19.2 Å². The van der Waals surface area contributed by atoms with Crippen LogP contribution in [-0.4, -0.2) is 47.5 Å². The minimum absolute atomic E-state index is 0.0414. The Labute approximate surface area is 154 Å². The van der Waals surface area contributed by atoms with Crippen molar-refractivity contribution in [1.29, 1.82) is 5.26 Å². The summed E-state index contributed by atoms with van der Waals surface area (Å²) in [4.78, 5) is 21.6. The van der Waals surface area contributed by atoms with Crippen LogP contribution in [0.15, 0.2) is 18.3 Å². The van der Waals surface area contributed by atoms with Gasteiger partial charge in [0.15, 0.2) is 0 Å². The molecule has 3 rings (SSSR count). The van der Waals surface area contributed by atoms with Crippen molar-refractivity contribution in [2.24, 2.45) is 5.92 Å². The first-order valence-corrected chi connectivity index (χ1v) is 9.19. The molecule has 7 heteroatoms. The lowest BCUT2D eigenvalue weighted by Gasteiger charge is -2.21. The van der Waals surface area contributed by atoms with Crippen molar-refractivity contribution in [2.45, 2.75) is 44.2 Å². The first-order chi connectivity index (χ1) is 12.7. The van der Waals surface area contributed by atoms with Crippen molar-refractivity contribution >= 4 is 17.4 Å². The SMILES string of the molecule is [C-]#[N+]c1ccc(NC[C@@H]2CC[C@@H](NCC(=O)N3CCC[C@H]3C#N)C2)nc1. The lowest BCUT2D eigenvalue weighted by Crippen LogP contribution is -2.43. The largest absolute Gasteiger partial charge is 0.370 e. The molecule has 0 aromatic carbocycles. The predicted molar refractivity (Wildman–Crippen MR) is 98.5 cm³/mol. The molecule has 0 radical (unpaired) electrons. The van der Waals surface area contributed by atoms with E-state index in [1.165, 1.54) is 0 Å². The Hall–Kier alpha value is -2.64. The maximum atomic E-state index is 12.3. The average Bonchev–Trinajstić information content (AvgIpc) is 3.34. The number of likely N-dealkylation sites (tertiary alicyclic amines) is 1. The Balaban J connectivity index is 1.38. The van der Waals surface area contributed by atoms with Gasteiger partial charge in [-0.05, 0) is 44.1 Å². The minimum Gasteiger partial charge on any atom is -0.370 e. The smallest absolute Gasteiger partial charge is 0.237 e. The first-order valence-electron chi connectivity index (χ1n) is 9.19. The molecule has 2 N–H and O–H groups in total. The molecule has 2 aliphatic rings. The summed E-state index contributed by atoms with van der Waals surface area (Å²) >= 11 is 0. The Morgan fingerprint density at radius 3 is 3.04 bits per heavy atom. The van der Waals surface area contributed by atoms with E-state index in [0.29, 0.717) is 30.7 Å². The summed E-state index contributed by atoms with van der Waals surface area (Å²) in [6.07, 6.45) is 6.50. The molecule has 0 bridgehead atoms. The number of carbonyl (C=O) groups excluding carboxylic acids is 1. The number of hydrogen-bond acceptors (Lipinski definition) is 5. The van der Waals surface area contributed by atoms with Crippen LogP contribution in [-0.2, 0) is 4.79 Å². The van der Waals surface area contributed by atoms with E-state index in [-0.39, 0.29) is 11.9 Å². The summed E-state index contributed by atoms with van der Waals surface area (Å²) in [5.74, 6) is 1.38. The van der Waals surface area contributed by atoms with E-state index in [1.807, 2.05) is 6.07 Å². The number of nitriles is 1. The number of rotatable bonds is 6. The van der Waals surface area contributed by atoms with Crippen molar-refractivity contribution < 1.29 is 4.79 Å². The van der Waals surface area contributed by atoms with E-state index in [4.69, 9.17) is 11.8 Å². The van der Waals surface area contributed by atoms with Gasteiger partial charge < -0.3 is 15.5 Å². The molecule has 1 amide bonds. The van der Waals surface area contributed by atoms with Gasteiger partial charge in [0.1, 0.15) is 11.9 Å². The Morgan fingerprint density at radius 1 is 1.42 bits per heavy atom. The molecule has 136 valence electrons. The second-order valence-corrected chi connectivity index (χ2v) is 7.03. The molecule has 3 atom stereocenters. The van der Waals surface area contributed by atoms with Crippen molar-refractivity contribution in [3.8, 4) is 6.07 Å². The lowest BCUT2D eigenvalue weighted by molar-refractivity contribution is -0.130. The highest BCUT2D eigenvalue weighted by atomic mass is 16.2. The van der Waals surface area contributed by atoms with Crippen LogP contribution in [0.5, 0.6) is 0 Å². The Bertz CT molecular complexity index is 704. The van der Waals surface area contributed by atoms with Gasteiger partial charge in [-0.1, -0.05) is 6.07 Å². The van der Waals surface area contributed by atoms with Crippen LogP contribution in [0.4, 0.5) is 11.5 Å². The Kier molecular flexibility index (Phi) is 6.04. The van der Waals surface area contributed by atoms with Crippen LogP contribution < -0.4 is 10.6 Å². The fraction of sp³-hybridized carbons (Fsp3) is 0.579. The number of pyridine rings is 1. The maximum Gasteiger partial charge on any atom is 0.237 e. The van der Waals surface area contributed by atoms with Crippen LogP contribution in [0, 0.1) is 23.8 Å². The van der Waals surface area contributed by atoms with Gasteiger partial charge in [0, 0.05) is 25.3 Å². The highest BCUT2D eigenvalue weighted by Crippen LogP contribution is 2.26. The lowest BCUT2D eigenvalue weighted by atomic mass is 10.1. The Morgan fingerprint density at radius 2 is 2.31 bits per heavy atom. The normalized spacial score (nSPS) is 24.8. The number of amides is 1. The molecule has 0 spiro atoms. The molecule has 1 aromatic heterocycles. The second kappa shape index (κ2) is 8.64. The molecule has 2 fully saturated rings. The molecule has 1 saturated heterocycles. The minimum atomic E-state index is -0.244. The standard InChI is InChI=1S/C19H24N6O/c1-21-16-6-7-18(24-12-16)23-11-14-4-5-15(9-14)22-13-19(26)25-8-2-3-17(25)10-20/h6-7,12,14-15,17,22H,2-5,8-9,11,13H2,(H,23,24)/t14-,15-,17+/m1/s1. The van der Waals surface area contributed by atoms with Gasteiger partial charge >= 0.3 is 0 Å². The van der Waals surface area contributed by atoms with E-state index in [2.05, 4.69) is 26.5 Å². The third-order valence-corrected chi connectivity index (χ3v) is 5.25. The summed E-state index contributed by atoms with van der Waals surface area (Å²) in [6.45, 7) is 8.81. The summed E-state index contributed by atoms with van der Waals surface area (Å²) in [6, 6.07) is 5.92. The fourth-order valence-corrected chi connectivity index (χ4v) is 3.78. The van der Waals surface area contributed by atoms with Crippen LogP contribution in [0.2, 0.25) is 0 Å². The summed E-state index contributed by atoms with van der Waals surface area (Å²) < 4.78 is 0. The summed E-state index contributed by atoms with van der Waals surface area (Å²) in [5.41, 5.74) is 0.544. The zero-order valence-electron chi connectivity index (χ0n) is 14.8. The molecule has 26 heavy (non-hydrogen) atoms. The second-order valence-electron chi connectivity index (χ2n) is 7.03. The molecule has 1 saturated carbocycles. The zero-order chi connectivity index (χ0) is 18.4. The van der Waals surface area contributed by atoms with Crippen LogP contribution >= 0.6 is 0 Å². The van der Waals surface area contributed by atoms with Crippen molar-refractivity contribution in [3.63, 3.8) is 0 Å². The van der Waals surface area contributed by atoms with Crippen molar-refractivity contribution in [3.05, 3.63) is 29.7 Å². The van der Waals surface area contributed by atoms with Crippen LogP contribution in [0.25, 0.3) is 4.85 Å². The van der Waals surface area contributed by atoms with Gasteiger partial charge in [-0.15, -0.1) is 0 Å². The van der Waals surface area contributed by atoms with Crippen LogP contribution in [0.3, 0.4) is 0 Å². The van der Waals surface area contributed by atoms with E-state index in [9.17, 15) is 4.79 Å². The molecular formula is C19H24N6O. The molecule has 0 unspecified atom stereocenters. The van der Waals surface area contributed by atoms with E-state index < -0.39 is 0 Å². The molecule has 7 nitrogen and oxygen atoms in total. The van der Waals surface area contributed by atoms with Gasteiger partial charge in [0.25, 0.3) is 0 Å². The summed E-state index contributed by atoms with van der Waals surface area (Å²) in [7, 11) is 0. The molecular weight excluding hydrogens is 328 g/mol. The number of nitrogens with one attached hydrogen (secondary N) is 2. The van der Waals surface area contributed by atoms with Crippen LogP contribution in [0.1, 0.15) is 32.1 Å². The predicted octanol–water partition coefficient (Wildman–Crippen LogP) is 2.32. The third-order valence-electron chi connectivity index (χ3n) is 5.25.